The topological polar surface area (TPSA) is 73.2 Å². The number of fused-ring (bicyclic) bond motifs is 1. The molecule has 6 nitrogen and oxygen atoms in total. The lowest BCUT2D eigenvalue weighted by Crippen LogP contribution is -2.27. The fourth-order valence-corrected chi connectivity index (χ4v) is 4.04. The number of ether oxygens (including phenoxy) is 1. The van der Waals surface area contributed by atoms with Gasteiger partial charge in [0, 0.05) is 15.6 Å². The van der Waals surface area contributed by atoms with Crippen LogP contribution in [0, 0.1) is 0 Å². The van der Waals surface area contributed by atoms with Crippen molar-refractivity contribution in [3.8, 4) is 16.2 Å². The van der Waals surface area contributed by atoms with Crippen LogP contribution in [0.1, 0.15) is 0 Å². The molecule has 8 heteroatoms. The SMILES string of the molecule is COc1ccc(-c2cc3ncn(CC(=O)Nc4ccc(Cl)cc4)c(=O)c3s2)cc1. The van der Waals surface area contributed by atoms with Crippen LogP contribution in [0.15, 0.2) is 65.7 Å². The fraction of sp³-hybridized carbons (Fsp3) is 0.0952. The highest BCUT2D eigenvalue weighted by Crippen LogP contribution is 2.31. The second-order valence-electron chi connectivity index (χ2n) is 6.29. The number of nitrogens with one attached hydrogen (secondary N) is 1. The van der Waals surface area contributed by atoms with E-state index in [2.05, 4.69) is 10.3 Å². The minimum atomic E-state index is -0.317. The molecule has 1 amide bonds. The Morgan fingerprint density at radius 2 is 1.90 bits per heavy atom. The summed E-state index contributed by atoms with van der Waals surface area (Å²) in [4.78, 5) is 30.4. The van der Waals surface area contributed by atoms with Gasteiger partial charge in [0.05, 0.1) is 19.0 Å². The smallest absolute Gasteiger partial charge is 0.271 e. The summed E-state index contributed by atoms with van der Waals surface area (Å²) >= 11 is 7.20. The molecule has 0 aliphatic heterocycles. The predicted octanol–water partition coefficient (Wildman–Crippen LogP) is 4.43. The van der Waals surface area contributed by atoms with Crippen molar-refractivity contribution in [1.29, 1.82) is 0 Å². The molecule has 29 heavy (non-hydrogen) atoms. The van der Waals surface area contributed by atoms with Crippen LogP contribution in [0.3, 0.4) is 0 Å². The summed E-state index contributed by atoms with van der Waals surface area (Å²) in [6.45, 7) is -0.125. The number of amides is 1. The molecular weight excluding hydrogens is 410 g/mol. The first-order valence-electron chi connectivity index (χ1n) is 8.72. The van der Waals surface area contributed by atoms with E-state index in [1.807, 2.05) is 30.3 Å². The summed E-state index contributed by atoms with van der Waals surface area (Å²) in [7, 11) is 1.61. The number of rotatable bonds is 5. The van der Waals surface area contributed by atoms with E-state index in [-0.39, 0.29) is 18.0 Å². The highest BCUT2D eigenvalue weighted by atomic mass is 35.5. The van der Waals surface area contributed by atoms with E-state index >= 15 is 0 Å². The van der Waals surface area contributed by atoms with Crippen molar-refractivity contribution in [1.82, 2.24) is 9.55 Å². The van der Waals surface area contributed by atoms with Gasteiger partial charge in [0.25, 0.3) is 5.56 Å². The van der Waals surface area contributed by atoms with Gasteiger partial charge in [-0.3, -0.25) is 14.2 Å². The van der Waals surface area contributed by atoms with Gasteiger partial charge in [0.2, 0.25) is 5.91 Å². The number of hydrogen-bond acceptors (Lipinski definition) is 5. The third-order valence-corrected chi connectivity index (χ3v) is 5.73. The fourth-order valence-electron chi connectivity index (χ4n) is 2.84. The van der Waals surface area contributed by atoms with Gasteiger partial charge >= 0.3 is 0 Å². The molecule has 0 spiro atoms. The lowest BCUT2D eigenvalue weighted by atomic mass is 10.2. The van der Waals surface area contributed by atoms with Gasteiger partial charge in [-0.1, -0.05) is 11.6 Å². The van der Waals surface area contributed by atoms with E-state index in [1.165, 1.54) is 22.2 Å². The Labute approximate surface area is 175 Å². The number of thiophene rings is 1. The molecule has 0 saturated heterocycles. The minimum Gasteiger partial charge on any atom is -0.497 e. The first-order chi connectivity index (χ1) is 14.0. The summed E-state index contributed by atoms with van der Waals surface area (Å²) in [5, 5.41) is 3.32. The van der Waals surface area contributed by atoms with Crippen LogP contribution in [0.25, 0.3) is 20.7 Å². The zero-order valence-electron chi connectivity index (χ0n) is 15.4. The first-order valence-corrected chi connectivity index (χ1v) is 9.92. The first kappa shape index (κ1) is 19.2. The Bertz CT molecular complexity index is 1230. The average Bonchev–Trinajstić information content (AvgIpc) is 3.17. The number of carbonyl (C=O) groups is 1. The maximum Gasteiger partial charge on any atom is 0.271 e. The second-order valence-corrected chi connectivity index (χ2v) is 7.77. The number of aromatic nitrogens is 2. The maximum atomic E-state index is 12.8. The van der Waals surface area contributed by atoms with E-state index in [4.69, 9.17) is 16.3 Å². The van der Waals surface area contributed by atoms with Gasteiger partial charge in [-0.05, 0) is 60.2 Å². The number of methoxy groups -OCH3 is 1. The molecule has 0 bridgehead atoms. The molecule has 2 aromatic heterocycles. The molecule has 1 N–H and O–H groups in total. The van der Waals surface area contributed by atoms with Crippen LogP contribution in [0.4, 0.5) is 5.69 Å². The zero-order chi connectivity index (χ0) is 20.4. The number of nitrogens with zero attached hydrogens (tertiary/aromatic N) is 2. The lowest BCUT2D eigenvalue weighted by Gasteiger charge is -2.07. The van der Waals surface area contributed by atoms with Crippen molar-refractivity contribution in [3.63, 3.8) is 0 Å². The Hall–Kier alpha value is -3.16. The van der Waals surface area contributed by atoms with E-state index in [9.17, 15) is 9.59 Å². The van der Waals surface area contributed by atoms with Crippen LogP contribution in [-0.4, -0.2) is 22.6 Å². The molecule has 2 heterocycles. The lowest BCUT2D eigenvalue weighted by molar-refractivity contribution is -0.116. The molecule has 0 atom stereocenters. The third kappa shape index (κ3) is 4.16. The van der Waals surface area contributed by atoms with Crippen LogP contribution < -0.4 is 15.6 Å². The quantitative estimate of drug-likeness (QED) is 0.513. The van der Waals surface area contributed by atoms with Crippen molar-refractivity contribution < 1.29 is 9.53 Å². The zero-order valence-corrected chi connectivity index (χ0v) is 17.0. The molecule has 0 fully saturated rings. The van der Waals surface area contributed by atoms with Crippen LogP contribution >= 0.6 is 22.9 Å². The molecule has 4 aromatic rings. The van der Waals surface area contributed by atoms with Crippen molar-refractivity contribution >= 4 is 44.7 Å². The van der Waals surface area contributed by atoms with Gasteiger partial charge in [-0.2, -0.15) is 0 Å². The second kappa shape index (κ2) is 8.06. The van der Waals surface area contributed by atoms with Gasteiger partial charge in [-0.15, -0.1) is 11.3 Å². The van der Waals surface area contributed by atoms with Crippen molar-refractivity contribution in [2.24, 2.45) is 0 Å². The molecule has 2 aromatic carbocycles. The minimum absolute atomic E-state index is 0.125. The van der Waals surface area contributed by atoms with E-state index in [1.54, 1.807) is 31.4 Å². The Kier molecular flexibility index (Phi) is 5.33. The van der Waals surface area contributed by atoms with Gasteiger partial charge in [0.1, 0.15) is 17.0 Å². The van der Waals surface area contributed by atoms with Gasteiger partial charge in [0.15, 0.2) is 0 Å². The summed E-state index contributed by atoms with van der Waals surface area (Å²) in [6.07, 6.45) is 1.40. The van der Waals surface area contributed by atoms with E-state index in [0.717, 1.165) is 16.2 Å². The summed E-state index contributed by atoms with van der Waals surface area (Å²) < 4.78 is 7.00. The summed E-state index contributed by atoms with van der Waals surface area (Å²) in [5.41, 5.74) is 1.95. The van der Waals surface area contributed by atoms with E-state index < -0.39 is 0 Å². The van der Waals surface area contributed by atoms with E-state index in [0.29, 0.717) is 20.9 Å². The third-order valence-electron chi connectivity index (χ3n) is 4.32. The van der Waals surface area contributed by atoms with Gasteiger partial charge < -0.3 is 10.1 Å². The monoisotopic (exact) mass is 425 g/mol. The summed E-state index contributed by atoms with van der Waals surface area (Å²) in [6, 6.07) is 16.2. The molecule has 0 aliphatic carbocycles. The number of hydrogen-bond donors (Lipinski definition) is 1. The molecule has 0 saturated carbocycles. The van der Waals surface area contributed by atoms with Gasteiger partial charge in [-0.25, -0.2) is 4.98 Å². The van der Waals surface area contributed by atoms with Crippen molar-refractivity contribution in [3.05, 3.63) is 76.3 Å². The molecule has 0 unspecified atom stereocenters. The number of carbonyl (C=O) groups excluding carboxylic acids is 1. The molecule has 146 valence electrons. The van der Waals surface area contributed by atoms with Crippen LogP contribution in [-0.2, 0) is 11.3 Å². The Balaban J connectivity index is 1.57. The Morgan fingerprint density at radius 3 is 2.59 bits per heavy atom. The highest BCUT2D eigenvalue weighted by Gasteiger charge is 2.13. The molecular formula is C21H16ClN3O3S. The molecule has 0 aliphatic rings. The maximum absolute atomic E-state index is 12.8. The average molecular weight is 426 g/mol. The number of anilines is 1. The molecule has 0 radical (unpaired) electrons. The standard InChI is InChI=1S/C21H16ClN3O3S/c1-28-16-8-2-13(3-9-16)18-10-17-20(29-18)21(27)25(12-23-17)11-19(26)24-15-6-4-14(22)5-7-15/h2-10,12H,11H2,1H3,(H,24,26). The summed E-state index contributed by atoms with van der Waals surface area (Å²) in [5.74, 6) is 0.449. The normalized spacial score (nSPS) is 10.8. The number of halogens is 1. The Morgan fingerprint density at radius 1 is 1.17 bits per heavy atom. The van der Waals surface area contributed by atoms with Crippen LogP contribution in [0.2, 0.25) is 5.02 Å². The van der Waals surface area contributed by atoms with Crippen LogP contribution in [0.5, 0.6) is 5.75 Å². The van der Waals surface area contributed by atoms with Crippen molar-refractivity contribution in [2.45, 2.75) is 6.54 Å². The number of benzene rings is 2. The largest absolute Gasteiger partial charge is 0.497 e. The van der Waals surface area contributed by atoms with Crippen molar-refractivity contribution in [2.75, 3.05) is 12.4 Å². The molecule has 4 rings (SSSR count). The predicted molar refractivity (Wildman–Crippen MR) is 116 cm³/mol. The highest BCUT2D eigenvalue weighted by molar-refractivity contribution is 7.22.